The maximum atomic E-state index is 5.97. The quantitative estimate of drug-likeness (QED) is 0.898. The molecule has 3 nitrogen and oxygen atoms in total. The molecule has 1 fully saturated rings. The fourth-order valence-electron chi connectivity index (χ4n) is 3.18. The predicted octanol–water partition coefficient (Wildman–Crippen LogP) is 4.36. The van der Waals surface area contributed by atoms with Crippen molar-refractivity contribution in [3.05, 3.63) is 35.5 Å². The third-order valence-corrected chi connectivity index (χ3v) is 4.39. The molecule has 1 aromatic heterocycles. The largest absolute Gasteiger partial charge is 0.367 e. The Kier molecular flexibility index (Phi) is 3.77. The van der Waals surface area contributed by atoms with Gasteiger partial charge in [0, 0.05) is 0 Å². The summed E-state index contributed by atoms with van der Waals surface area (Å²) in [5.74, 6) is 1.30. The molecule has 20 heavy (non-hydrogen) atoms. The zero-order valence-electron chi connectivity index (χ0n) is 12.1. The van der Waals surface area contributed by atoms with Gasteiger partial charge in [-0.05, 0) is 31.2 Å². The first-order chi connectivity index (χ1) is 9.74. The summed E-state index contributed by atoms with van der Waals surface area (Å²) in [6.45, 7) is 2.09. The molecule has 3 rings (SSSR count). The van der Waals surface area contributed by atoms with Crippen molar-refractivity contribution in [2.45, 2.75) is 45.4 Å². The highest BCUT2D eigenvalue weighted by atomic mass is 16.5. The van der Waals surface area contributed by atoms with Gasteiger partial charge in [-0.2, -0.15) is 0 Å². The van der Waals surface area contributed by atoms with E-state index in [0.717, 1.165) is 29.2 Å². The van der Waals surface area contributed by atoms with Crippen LogP contribution in [0.3, 0.4) is 0 Å². The Balaban J connectivity index is 1.79. The van der Waals surface area contributed by atoms with E-state index < -0.39 is 0 Å². The summed E-state index contributed by atoms with van der Waals surface area (Å²) in [4.78, 5) is 0. The first kappa shape index (κ1) is 13.2. The van der Waals surface area contributed by atoms with Crippen LogP contribution in [0.5, 0.6) is 0 Å². The molecule has 0 aliphatic heterocycles. The van der Waals surface area contributed by atoms with Crippen molar-refractivity contribution in [2.75, 3.05) is 5.73 Å². The van der Waals surface area contributed by atoms with Crippen molar-refractivity contribution >= 4 is 5.88 Å². The zero-order valence-corrected chi connectivity index (χ0v) is 12.1. The number of nitrogen functional groups attached to an aromatic ring is 1. The van der Waals surface area contributed by atoms with E-state index in [1.54, 1.807) is 0 Å². The summed E-state index contributed by atoms with van der Waals surface area (Å²) in [6.07, 6.45) is 7.67. The zero-order chi connectivity index (χ0) is 13.9. The van der Waals surface area contributed by atoms with E-state index in [1.807, 2.05) is 0 Å². The van der Waals surface area contributed by atoms with Crippen LogP contribution >= 0.6 is 0 Å². The van der Waals surface area contributed by atoms with Crippen molar-refractivity contribution in [1.82, 2.24) is 5.16 Å². The molecule has 1 aliphatic carbocycles. The fourth-order valence-corrected chi connectivity index (χ4v) is 3.18. The summed E-state index contributed by atoms with van der Waals surface area (Å²) in [6, 6.07) is 8.39. The molecule has 1 aromatic carbocycles. The van der Waals surface area contributed by atoms with Crippen LogP contribution in [0.15, 0.2) is 28.8 Å². The predicted molar refractivity (Wildman–Crippen MR) is 81.4 cm³/mol. The minimum absolute atomic E-state index is 0.440. The molecule has 0 amide bonds. The number of aromatic nitrogens is 1. The number of hydrogen-bond acceptors (Lipinski definition) is 3. The Morgan fingerprint density at radius 3 is 2.60 bits per heavy atom. The number of rotatable bonds is 4. The summed E-state index contributed by atoms with van der Waals surface area (Å²) in [5.41, 5.74) is 10.3. The van der Waals surface area contributed by atoms with Crippen molar-refractivity contribution in [1.29, 1.82) is 0 Å². The standard InChI is InChI=1S/C17H22N2O/c1-12-6-9-14(10-7-12)16-15(19-20-17(16)18)11-8-13-4-2-3-5-13/h6-7,9-10,13H,2-5,8,11,18H2,1H3. The van der Waals surface area contributed by atoms with Crippen LogP contribution in [0, 0.1) is 12.8 Å². The van der Waals surface area contributed by atoms with E-state index in [1.165, 1.54) is 37.7 Å². The van der Waals surface area contributed by atoms with Gasteiger partial charge in [0.1, 0.15) is 0 Å². The molecular formula is C17H22N2O. The number of nitrogens with two attached hydrogens (primary N) is 1. The average Bonchev–Trinajstić information content (AvgIpc) is 3.07. The maximum absolute atomic E-state index is 5.97. The third kappa shape index (κ3) is 2.72. The second kappa shape index (κ2) is 5.70. The first-order valence-corrected chi connectivity index (χ1v) is 7.55. The molecule has 2 aromatic rings. The van der Waals surface area contributed by atoms with Crippen LogP contribution in [0.25, 0.3) is 11.1 Å². The van der Waals surface area contributed by atoms with Gasteiger partial charge in [0.2, 0.25) is 5.88 Å². The molecular weight excluding hydrogens is 248 g/mol. The lowest BCUT2D eigenvalue weighted by molar-refractivity contribution is 0.419. The lowest BCUT2D eigenvalue weighted by atomic mass is 9.97. The van der Waals surface area contributed by atoms with E-state index in [4.69, 9.17) is 10.3 Å². The molecule has 106 valence electrons. The topological polar surface area (TPSA) is 52.0 Å². The van der Waals surface area contributed by atoms with Gasteiger partial charge in [0.15, 0.2) is 0 Å². The lowest BCUT2D eigenvalue weighted by Crippen LogP contribution is -1.98. The van der Waals surface area contributed by atoms with Gasteiger partial charge in [-0.25, -0.2) is 0 Å². The van der Waals surface area contributed by atoms with Gasteiger partial charge in [-0.3, -0.25) is 0 Å². The second-order valence-electron chi connectivity index (χ2n) is 5.92. The molecule has 1 saturated carbocycles. The number of aryl methyl sites for hydroxylation is 2. The molecule has 1 aliphatic rings. The Bertz CT molecular complexity index is 565. The van der Waals surface area contributed by atoms with E-state index in [-0.39, 0.29) is 0 Å². The van der Waals surface area contributed by atoms with Gasteiger partial charge in [0.25, 0.3) is 0 Å². The summed E-state index contributed by atoms with van der Waals surface area (Å²) < 4.78 is 5.22. The molecule has 0 unspecified atom stereocenters. The van der Waals surface area contributed by atoms with Crippen molar-refractivity contribution in [2.24, 2.45) is 5.92 Å². The highest BCUT2D eigenvalue weighted by Gasteiger charge is 2.19. The summed E-state index contributed by atoms with van der Waals surface area (Å²) >= 11 is 0. The molecule has 0 saturated heterocycles. The molecule has 2 N–H and O–H groups in total. The first-order valence-electron chi connectivity index (χ1n) is 7.55. The smallest absolute Gasteiger partial charge is 0.230 e. The van der Waals surface area contributed by atoms with E-state index in [9.17, 15) is 0 Å². The Morgan fingerprint density at radius 1 is 1.20 bits per heavy atom. The van der Waals surface area contributed by atoms with Gasteiger partial charge >= 0.3 is 0 Å². The fraction of sp³-hybridized carbons (Fsp3) is 0.471. The molecule has 0 radical (unpaired) electrons. The molecule has 3 heteroatoms. The SMILES string of the molecule is Cc1ccc(-c2c(CCC3CCCC3)noc2N)cc1. The van der Waals surface area contributed by atoms with Crippen molar-refractivity contribution in [3.63, 3.8) is 0 Å². The third-order valence-electron chi connectivity index (χ3n) is 4.39. The highest BCUT2D eigenvalue weighted by molar-refractivity contribution is 5.75. The maximum Gasteiger partial charge on any atom is 0.230 e. The van der Waals surface area contributed by atoms with Crippen LogP contribution in [-0.4, -0.2) is 5.16 Å². The van der Waals surface area contributed by atoms with Crippen LogP contribution in [0.4, 0.5) is 5.88 Å². The van der Waals surface area contributed by atoms with Crippen LogP contribution < -0.4 is 5.73 Å². The van der Waals surface area contributed by atoms with E-state index in [2.05, 4.69) is 36.3 Å². The van der Waals surface area contributed by atoms with Crippen molar-refractivity contribution in [3.8, 4) is 11.1 Å². The monoisotopic (exact) mass is 270 g/mol. The van der Waals surface area contributed by atoms with Gasteiger partial charge in [0.05, 0.1) is 11.3 Å². The molecule has 0 atom stereocenters. The van der Waals surface area contributed by atoms with Gasteiger partial charge < -0.3 is 10.3 Å². The Labute approximate surface area is 120 Å². The number of benzene rings is 1. The normalized spacial score (nSPS) is 15.8. The van der Waals surface area contributed by atoms with Gasteiger partial charge in [-0.15, -0.1) is 0 Å². The Hall–Kier alpha value is -1.77. The summed E-state index contributed by atoms with van der Waals surface area (Å²) in [7, 11) is 0. The van der Waals surface area contributed by atoms with Crippen LogP contribution in [0.2, 0.25) is 0 Å². The van der Waals surface area contributed by atoms with E-state index in [0.29, 0.717) is 5.88 Å². The number of hydrogen-bond donors (Lipinski definition) is 1. The van der Waals surface area contributed by atoms with Crippen molar-refractivity contribution < 1.29 is 4.52 Å². The van der Waals surface area contributed by atoms with E-state index >= 15 is 0 Å². The highest BCUT2D eigenvalue weighted by Crippen LogP contribution is 2.33. The van der Waals surface area contributed by atoms with Crippen LogP contribution in [0.1, 0.15) is 43.4 Å². The molecule has 1 heterocycles. The number of anilines is 1. The van der Waals surface area contributed by atoms with Gasteiger partial charge in [-0.1, -0.05) is 60.7 Å². The minimum Gasteiger partial charge on any atom is -0.367 e. The average molecular weight is 270 g/mol. The molecule has 0 spiro atoms. The minimum atomic E-state index is 0.440. The Morgan fingerprint density at radius 2 is 1.90 bits per heavy atom. The molecule has 0 bridgehead atoms. The summed E-state index contributed by atoms with van der Waals surface area (Å²) in [5, 5.41) is 4.18. The lowest BCUT2D eigenvalue weighted by Gasteiger charge is -2.08. The number of nitrogens with zero attached hydrogens (tertiary/aromatic N) is 1. The second-order valence-corrected chi connectivity index (χ2v) is 5.92. The van der Waals surface area contributed by atoms with Crippen LogP contribution in [-0.2, 0) is 6.42 Å².